The highest BCUT2D eigenvalue weighted by Gasteiger charge is 2.11. The van der Waals surface area contributed by atoms with Gasteiger partial charge in [0.15, 0.2) is 5.76 Å². The fourth-order valence-corrected chi connectivity index (χ4v) is 1.86. The number of benzene rings is 2. The Morgan fingerprint density at radius 3 is 2.58 bits per heavy atom. The topological polar surface area (TPSA) is 52.0 Å². The average Bonchev–Trinajstić information content (AvgIpc) is 2.89. The van der Waals surface area contributed by atoms with Crippen LogP contribution in [0.25, 0.3) is 22.8 Å². The van der Waals surface area contributed by atoms with E-state index in [1.54, 1.807) is 12.3 Å². The molecule has 3 rings (SSSR count). The van der Waals surface area contributed by atoms with Gasteiger partial charge in [-0.25, -0.2) is 9.37 Å². The molecule has 3 aromatic rings. The van der Waals surface area contributed by atoms with Crippen LogP contribution in [0.4, 0.5) is 10.1 Å². The second-order valence-electron chi connectivity index (χ2n) is 4.13. The fourth-order valence-electron chi connectivity index (χ4n) is 1.86. The van der Waals surface area contributed by atoms with Gasteiger partial charge in [-0.15, -0.1) is 0 Å². The van der Waals surface area contributed by atoms with E-state index in [-0.39, 0.29) is 5.82 Å². The van der Waals surface area contributed by atoms with Gasteiger partial charge in [0.1, 0.15) is 5.82 Å². The number of nitrogens with two attached hydrogens (primary N) is 1. The molecule has 2 aromatic carbocycles. The zero-order valence-corrected chi connectivity index (χ0v) is 10.0. The van der Waals surface area contributed by atoms with Crippen molar-refractivity contribution < 1.29 is 8.81 Å². The van der Waals surface area contributed by atoms with Crippen molar-refractivity contribution >= 4 is 5.69 Å². The van der Waals surface area contributed by atoms with Crippen molar-refractivity contribution in [3.05, 3.63) is 60.5 Å². The zero-order valence-electron chi connectivity index (χ0n) is 10.0. The molecule has 0 fully saturated rings. The molecule has 0 spiro atoms. The van der Waals surface area contributed by atoms with Crippen LogP contribution in [-0.2, 0) is 0 Å². The molecular weight excluding hydrogens is 243 g/mol. The van der Waals surface area contributed by atoms with Gasteiger partial charge in [-0.3, -0.25) is 0 Å². The third-order valence-corrected chi connectivity index (χ3v) is 2.81. The molecule has 3 nitrogen and oxygen atoms in total. The van der Waals surface area contributed by atoms with Gasteiger partial charge in [-0.1, -0.05) is 30.3 Å². The Morgan fingerprint density at radius 1 is 1.05 bits per heavy atom. The van der Waals surface area contributed by atoms with Crippen LogP contribution in [0.1, 0.15) is 0 Å². The standard InChI is InChI=1S/C15H11FN2O/c16-11-6-7-12(13(17)8-11)15-18-9-14(19-15)10-4-2-1-3-5-10/h1-9H,17H2. The minimum Gasteiger partial charge on any atom is -0.436 e. The quantitative estimate of drug-likeness (QED) is 0.709. The molecule has 0 aliphatic rings. The van der Waals surface area contributed by atoms with Crippen LogP contribution in [-0.4, -0.2) is 4.98 Å². The number of aromatic nitrogens is 1. The summed E-state index contributed by atoms with van der Waals surface area (Å²) in [5.41, 5.74) is 7.59. The van der Waals surface area contributed by atoms with Crippen LogP contribution < -0.4 is 5.73 Å². The van der Waals surface area contributed by atoms with Gasteiger partial charge in [0.25, 0.3) is 0 Å². The van der Waals surface area contributed by atoms with Crippen LogP contribution >= 0.6 is 0 Å². The maximum atomic E-state index is 13.0. The zero-order chi connectivity index (χ0) is 13.2. The molecule has 2 N–H and O–H groups in total. The van der Waals surface area contributed by atoms with Gasteiger partial charge in [0.05, 0.1) is 11.8 Å². The van der Waals surface area contributed by atoms with Crippen LogP contribution in [0.15, 0.2) is 59.1 Å². The predicted octanol–water partition coefficient (Wildman–Crippen LogP) is 3.73. The first-order valence-corrected chi connectivity index (χ1v) is 5.81. The first-order chi connectivity index (χ1) is 9.24. The van der Waals surface area contributed by atoms with E-state index in [4.69, 9.17) is 10.2 Å². The predicted molar refractivity (Wildman–Crippen MR) is 71.7 cm³/mol. The minimum atomic E-state index is -0.379. The third-order valence-electron chi connectivity index (χ3n) is 2.81. The van der Waals surface area contributed by atoms with Crippen molar-refractivity contribution in [3.8, 4) is 22.8 Å². The number of nitrogen functional groups attached to an aromatic ring is 1. The van der Waals surface area contributed by atoms with Crippen molar-refractivity contribution in [3.63, 3.8) is 0 Å². The number of oxazole rings is 1. The Morgan fingerprint density at radius 2 is 1.84 bits per heavy atom. The second-order valence-corrected chi connectivity index (χ2v) is 4.13. The van der Waals surface area contributed by atoms with E-state index in [1.165, 1.54) is 12.1 Å². The molecule has 0 atom stereocenters. The van der Waals surface area contributed by atoms with E-state index in [0.717, 1.165) is 5.56 Å². The molecule has 1 heterocycles. The maximum Gasteiger partial charge on any atom is 0.228 e. The summed E-state index contributed by atoms with van der Waals surface area (Å²) in [6, 6.07) is 13.8. The van der Waals surface area contributed by atoms with Gasteiger partial charge < -0.3 is 10.2 Å². The Hall–Kier alpha value is -2.62. The van der Waals surface area contributed by atoms with Crippen molar-refractivity contribution in [2.24, 2.45) is 0 Å². The Labute approximate surface area is 109 Å². The van der Waals surface area contributed by atoms with E-state index in [9.17, 15) is 4.39 Å². The summed E-state index contributed by atoms with van der Waals surface area (Å²) in [5, 5.41) is 0. The second kappa shape index (κ2) is 4.57. The molecule has 0 amide bonds. The van der Waals surface area contributed by atoms with Crippen molar-refractivity contribution in [1.29, 1.82) is 0 Å². The van der Waals surface area contributed by atoms with E-state index in [0.29, 0.717) is 22.9 Å². The smallest absolute Gasteiger partial charge is 0.228 e. The highest BCUT2D eigenvalue weighted by molar-refractivity contribution is 5.71. The molecule has 0 aliphatic heterocycles. The number of nitrogens with zero attached hydrogens (tertiary/aromatic N) is 1. The Bertz CT molecular complexity index is 707. The number of hydrogen-bond donors (Lipinski definition) is 1. The summed E-state index contributed by atoms with van der Waals surface area (Å²) in [4.78, 5) is 4.18. The molecule has 0 radical (unpaired) electrons. The number of rotatable bonds is 2. The molecule has 0 saturated heterocycles. The monoisotopic (exact) mass is 254 g/mol. The lowest BCUT2D eigenvalue weighted by atomic mass is 10.2. The van der Waals surface area contributed by atoms with E-state index >= 15 is 0 Å². The minimum absolute atomic E-state index is 0.307. The van der Waals surface area contributed by atoms with Crippen LogP contribution in [0.2, 0.25) is 0 Å². The molecule has 0 unspecified atom stereocenters. The SMILES string of the molecule is Nc1cc(F)ccc1-c1ncc(-c2ccccc2)o1. The highest BCUT2D eigenvalue weighted by atomic mass is 19.1. The number of halogens is 1. The summed E-state index contributed by atoms with van der Waals surface area (Å²) >= 11 is 0. The largest absolute Gasteiger partial charge is 0.436 e. The molecule has 94 valence electrons. The highest BCUT2D eigenvalue weighted by Crippen LogP contribution is 2.29. The van der Waals surface area contributed by atoms with Gasteiger partial charge in [0.2, 0.25) is 5.89 Å². The van der Waals surface area contributed by atoms with Crippen molar-refractivity contribution in [2.45, 2.75) is 0 Å². The lowest BCUT2D eigenvalue weighted by Crippen LogP contribution is -1.91. The molecule has 1 aromatic heterocycles. The Kier molecular flexibility index (Phi) is 2.76. The van der Waals surface area contributed by atoms with Crippen LogP contribution in [0.3, 0.4) is 0 Å². The summed E-state index contributed by atoms with van der Waals surface area (Å²) in [6.45, 7) is 0. The van der Waals surface area contributed by atoms with Gasteiger partial charge in [0, 0.05) is 11.3 Å². The lowest BCUT2D eigenvalue weighted by molar-refractivity contribution is 0.588. The first-order valence-electron chi connectivity index (χ1n) is 5.81. The van der Waals surface area contributed by atoms with Crippen LogP contribution in [0.5, 0.6) is 0 Å². The third kappa shape index (κ3) is 2.20. The maximum absolute atomic E-state index is 13.0. The van der Waals surface area contributed by atoms with Gasteiger partial charge >= 0.3 is 0 Å². The average molecular weight is 254 g/mol. The molecule has 0 saturated carbocycles. The summed E-state index contributed by atoms with van der Waals surface area (Å²) in [7, 11) is 0. The molecule has 19 heavy (non-hydrogen) atoms. The van der Waals surface area contributed by atoms with Crippen molar-refractivity contribution in [1.82, 2.24) is 4.98 Å². The normalized spacial score (nSPS) is 10.6. The van der Waals surface area contributed by atoms with Crippen LogP contribution in [0, 0.1) is 5.82 Å². The molecule has 0 bridgehead atoms. The number of anilines is 1. The summed E-state index contributed by atoms with van der Waals surface area (Å²) < 4.78 is 18.7. The van der Waals surface area contributed by atoms with E-state index in [1.807, 2.05) is 30.3 Å². The van der Waals surface area contributed by atoms with E-state index in [2.05, 4.69) is 4.98 Å². The summed E-state index contributed by atoms with van der Waals surface area (Å²) in [5.74, 6) is 0.659. The molecule has 4 heteroatoms. The van der Waals surface area contributed by atoms with Crippen molar-refractivity contribution in [2.75, 3.05) is 5.73 Å². The number of hydrogen-bond acceptors (Lipinski definition) is 3. The lowest BCUT2D eigenvalue weighted by Gasteiger charge is -2.01. The molecule has 0 aliphatic carbocycles. The van der Waals surface area contributed by atoms with E-state index < -0.39 is 0 Å². The first kappa shape index (κ1) is 11.5. The molecular formula is C15H11FN2O. The van der Waals surface area contributed by atoms with Gasteiger partial charge in [-0.2, -0.15) is 0 Å². The Balaban J connectivity index is 2.02. The summed E-state index contributed by atoms with van der Waals surface area (Å²) in [6.07, 6.45) is 1.63. The van der Waals surface area contributed by atoms with Gasteiger partial charge in [-0.05, 0) is 18.2 Å². The fraction of sp³-hybridized carbons (Fsp3) is 0.